The number of fused-ring (bicyclic) bond motifs is 1. The number of aliphatic hydroxyl groups is 1. The molecule has 2 aromatic heterocycles. The highest BCUT2D eigenvalue weighted by atomic mass is 32.1. The number of rotatable bonds is 4. The van der Waals surface area contributed by atoms with Crippen molar-refractivity contribution in [2.24, 2.45) is 0 Å². The SMILES string of the molecule is Cc1ccc(C(=O)NCC(O)c2cc3ccccc3s2)c(=O)[nH]1. The summed E-state index contributed by atoms with van der Waals surface area (Å²) in [5, 5.41) is 13.9. The second-order valence-corrected chi connectivity index (χ2v) is 6.41. The molecular formula is C17H16N2O3S. The molecule has 1 unspecified atom stereocenters. The second-order valence-electron chi connectivity index (χ2n) is 5.30. The summed E-state index contributed by atoms with van der Waals surface area (Å²) in [6.45, 7) is 1.80. The Morgan fingerprint density at radius 3 is 2.83 bits per heavy atom. The Kier molecular flexibility index (Phi) is 4.27. The number of H-pyrrole nitrogens is 1. The van der Waals surface area contributed by atoms with E-state index in [1.54, 1.807) is 13.0 Å². The molecule has 0 aliphatic heterocycles. The van der Waals surface area contributed by atoms with Gasteiger partial charge in [0, 0.05) is 21.8 Å². The Morgan fingerprint density at radius 1 is 1.30 bits per heavy atom. The van der Waals surface area contributed by atoms with E-state index in [4.69, 9.17) is 0 Å². The van der Waals surface area contributed by atoms with Gasteiger partial charge in [-0.05, 0) is 36.6 Å². The van der Waals surface area contributed by atoms with Gasteiger partial charge in [0.25, 0.3) is 11.5 Å². The monoisotopic (exact) mass is 328 g/mol. The molecule has 0 saturated heterocycles. The number of carbonyl (C=O) groups is 1. The van der Waals surface area contributed by atoms with Gasteiger partial charge in [0.2, 0.25) is 0 Å². The minimum Gasteiger partial charge on any atom is -0.386 e. The van der Waals surface area contributed by atoms with Gasteiger partial charge in [0.1, 0.15) is 11.7 Å². The number of thiophene rings is 1. The topological polar surface area (TPSA) is 82.2 Å². The van der Waals surface area contributed by atoms with Crippen LogP contribution in [0.1, 0.15) is 27.0 Å². The maximum absolute atomic E-state index is 12.0. The van der Waals surface area contributed by atoms with Crippen LogP contribution in [-0.4, -0.2) is 22.5 Å². The van der Waals surface area contributed by atoms with Crippen LogP contribution in [0.2, 0.25) is 0 Å². The molecule has 0 fully saturated rings. The molecule has 1 aromatic carbocycles. The normalized spacial score (nSPS) is 12.3. The van der Waals surface area contributed by atoms with E-state index in [1.165, 1.54) is 17.4 Å². The summed E-state index contributed by atoms with van der Waals surface area (Å²) in [5.74, 6) is -0.494. The van der Waals surface area contributed by atoms with Crippen LogP contribution < -0.4 is 10.9 Å². The molecule has 0 bridgehead atoms. The lowest BCUT2D eigenvalue weighted by molar-refractivity contribution is 0.0916. The van der Waals surface area contributed by atoms with Crippen molar-refractivity contribution in [1.29, 1.82) is 0 Å². The first kappa shape index (κ1) is 15.5. The number of benzene rings is 1. The van der Waals surface area contributed by atoms with E-state index in [0.29, 0.717) is 5.69 Å². The highest BCUT2D eigenvalue weighted by molar-refractivity contribution is 7.19. The Hall–Kier alpha value is -2.44. The number of nitrogens with one attached hydrogen (secondary N) is 2. The third-order valence-corrected chi connectivity index (χ3v) is 4.75. The van der Waals surface area contributed by atoms with Crippen molar-refractivity contribution < 1.29 is 9.90 Å². The number of aryl methyl sites for hydroxylation is 1. The molecule has 118 valence electrons. The predicted octanol–water partition coefficient (Wildman–Crippen LogP) is 2.36. The molecule has 1 amide bonds. The molecule has 6 heteroatoms. The lowest BCUT2D eigenvalue weighted by atomic mass is 10.2. The molecule has 0 spiro atoms. The van der Waals surface area contributed by atoms with Crippen molar-refractivity contribution in [2.45, 2.75) is 13.0 Å². The molecule has 23 heavy (non-hydrogen) atoms. The van der Waals surface area contributed by atoms with Gasteiger partial charge < -0.3 is 15.4 Å². The summed E-state index contributed by atoms with van der Waals surface area (Å²) in [7, 11) is 0. The Bertz CT molecular complexity index is 880. The van der Waals surface area contributed by atoms with Gasteiger partial charge >= 0.3 is 0 Å². The van der Waals surface area contributed by atoms with Gasteiger partial charge in [-0.3, -0.25) is 9.59 Å². The van der Waals surface area contributed by atoms with E-state index in [9.17, 15) is 14.7 Å². The first-order chi connectivity index (χ1) is 11.0. The van der Waals surface area contributed by atoms with Crippen LogP contribution in [0.5, 0.6) is 0 Å². The van der Waals surface area contributed by atoms with Crippen molar-refractivity contribution in [1.82, 2.24) is 10.3 Å². The number of carbonyl (C=O) groups excluding carboxylic acids is 1. The molecule has 0 radical (unpaired) electrons. The summed E-state index contributed by atoms with van der Waals surface area (Å²) in [4.78, 5) is 27.1. The fourth-order valence-electron chi connectivity index (χ4n) is 2.30. The number of aromatic nitrogens is 1. The summed E-state index contributed by atoms with van der Waals surface area (Å²) >= 11 is 1.49. The van der Waals surface area contributed by atoms with Crippen molar-refractivity contribution >= 4 is 27.3 Å². The second kappa shape index (κ2) is 6.36. The van der Waals surface area contributed by atoms with Gasteiger partial charge in [-0.1, -0.05) is 18.2 Å². The number of aliphatic hydroxyl groups excluding tert-OH is 1. The smallest absolute Gasteiger partial charge is 0.260 e. The first-order valence-corrected chi connectivity index (χ1v) is 8.01. The molecule has 1 atom stereocenters. The lowest BCUT2D eigenvalue weighted by Gasteiger charge is -2.10. The Morgan fingerprint density at radius 2 is 2.09 bits per heavy atom. The van der Waals surface area contributed by atoms with Crippen molar-refractivity contribution in [3.05, 3.63) is 69.0 Å². The van der Waals surface area contributed by atoms with Gasteiger partial charge in [-0.2, -0.15) is 0 Å². The van der Waals surface area contributed by atoms with E-state index in [2.05, 4.69) is 10.3 Å². The maximum Gasteiger partial charge on any atom is 0.260 e. The van der Waals surface area contributed by atoms with Crippen molar-refractivity contribution in [3.63, 3.8) is 0 Å². The van der Waals surface area contributed by atoms with E-state index in [1.807, 2.05) is 30.3 Å². The van der Waals surface area contributed by atoms with Crippen molar-refractivity contribution in [3.8, 4) is 0 Å². The third-order valence-electron chi connectivity index (χ3n) is 3.53. The summed E-state index contributed by atoms with van der Waals surface area (Å²) < 4.78 is 1.09. The van der Waals surface area contributed by atoms with Crippen LogP contribution in [0.25, 0.3) is 10.1 Å². The number of pyridine rings is 1. The average Bonchev–Trinajstić information content (AvgIpc) is 2.96. The lowest BCUT2D eigenvalue weighted by Crippen LogP contribution is -2.32. The molecule has 0 aliphatic carbocycles. The molecule has 0 aliphatic rings. The number of hydrogen-bond acceptors (Lipinski definition) is 4. The van der Waals surface area contributed by atoms with E-state index in [0.717, 1.165) is 15.0 Å². The van der Waals surface area contributed by atoms with Gasteiger partial charge in [-0.15, -0.1) is 11.3 Å². The number of hydrogen-bond donors (Lipinski definition) is 3. The highest BCUT2D eigenvalue weighted by Crippen LogP contribution is 2.29. The first-order valence-electron chi connectivity index (χ1n) is 7.19. The zero-order valence-electron chi connectivity index (χ0n) is 12.5. The van der Waals surface area contributed by atoms with Gasteiger partial charge in [-0.25, -0.2) is 0 Å². The number of aromatic amines is 1. The van der Waals surface area contributed by atoms with E-state index < -0.39 is 17.6 Å². The van der Waals surface area contributed by atoms with E-state index >= 15 is 0 Å². The minimum atomic E-state index is -0.805. The summed E-state index contributed by atoms with van der Waals surface area (Å²) in [6.07, 6.45) is -0.805. The largest absolute Gasteiger partial charge is 0.386 e. The third kappa shape index (κ3) is 3.33. The van der Waals surface area contributed by atoms with Crippen LogP contribution in [0.3, 0.4) is 0 Å². The van der Waals surface area contributed by atoms with Gasteiger partial charge in [0.05, 0.1) is 0 Å². The molecule has 5 nitrogen and oxygen atoms in total. The van der Waals surface area contributed by atoms with Crippen molar-refractivity contribution in [2.75, 3.05) is 6.54 Å². The maximum atomic E-state index is 12.0. The van der Waals surface area contributed by atoms with E-state index in [-0.39, 0.29) is 12.1 Å². The van der Waals surface area contributed by atoms with Crippen LogP contribution in [0.4, 0.5) is 0 Å². The molecule has 2 heterocycles. The van der Waals surface area contributed by atoms with Crippen LogP contribution >= 0.6 is 11.3 Å². The fraction of sp³-hybridized carbons (Fsp3) is 0.176. The summed E-state index contributed by atoms with van der Waals surface area (Å²) in [5.41, 5.74) is 0.301. The van der Waals surface area contributed by atoms with Crippen LogP contribution in [-0.2, 0) is 0 Å². The average molecular weight is 328 g/mol. The highest BCUT2D eigenvalue weighted by Gasteiger charge is 2.15. The van der Waals surface area contributed by atoms with Crippen LogP contribution in [0, 0.1) is 6.92 Å². The quantitative estimate of drug-likeness (QED) is 0.687. The zero-order chi connectivity index (χ0) is 16.4. The number of amides is 1. The molecule has 3 aromatic rings. The van der Waals surface area contributed by atoms with Gasteiger partial charge in [0.15, 0.2) is 0 Å². The standard InChI is InChI=1S/C17H16N2O3S/c1-10-6-7-12(17(22)19-10)16(21)18-9-13(20)15-8-11-4-2-3-5-14(11)23-15/h2-8,13,20H,9H2,1H3,(H,18,21)(H,19,22). The Labute approximate surface area is 136 Å². The summed E-state index contributed by atoms with van der Waals surface area (Å²) in [6, 6.07) is 12.9. The minimum absolute atomic E-state index is 0.0409. The van der Waals surface area contributed by atoms with Crippen LogP contribution in [0.15, 0.2) is 47.3 Å². The Balaban J connectivity index is 1.69. The molecule has 3 rings (SSSR count). The predicted molar refractivity (Wildman–Crippen MR) is 90.9 cm³/mol. The molecule has 0 saturated carbocycles. The fourth-order valence-corrected chi connectivity index (χ4v) is 3.35. The molecule has 3 N–H and O–H groups in total. The molecular weight excluding hydrogens is 312 g/mol. The zero-order valence-corrected chi connectivity index (χ0v) is 13.3.